The topological polar surface area (TPSA) is 41.6 Å². The third-order valence-corrected chi connectivity index (χ3v) is 6.19. The van der Waals surface area contributed by atoms with Crippen LogP contribution in [0.15, 0.2) is 36.4 Å². The minimum absolute atomic E-state index is 0.127. The van der Waals surface area contributed by atoms with E-state index in [0.717, 1.165) is 44.8 Å². The maximum Gasteiger partial charge on any atom is 0.224 e. The van der Waals surface area contributed by atoms with Crippen LogP contribution in [-0.4, -0.2) is 32.2 Å². The Labute approximate surface area is 196 Å². The van der Waals surface area contributed by atoms with Gasteiger partial charge in [0, 0.05) is 30.9 Å². The number of hydrogen-bond donors (Lipinski definition) is 1. The van der Waals surface area contributed by atoms with E-state index in [9.17, 15) is 4.79 Å². The predicted octanol–water partition coefficient (Wildman–Crippen LogP) is 7.50. The Morgan fingerprint density at radius 2 is 1.41 bits per heavy atom. The van der Waals surface area contributed by atoms with Crippen LogP contribution < -0.4 is 10.2 Å². The van der Waals surface area contributed by atoms with Crippen LogP contribution in [0, 0.1) is 0 Å². The molecule has 1 amide bonds. The summed E-state index contributed by atoms with van der Waals surface area (Å²) < 4.78 is 5.40. The number of benzene rings is 1. The van der Waals surface area contributed by atoms with Crippen molar-refractivity contribution >= 4 is 17.3 Å². The number of rotatable bonds is 17. The minimum atomic E-state index is 0.127. The van der Waals surface area contributed by atoms with E-state index in [2.05, 4.69) is 41.4 Å². The fraction of sp³-hybridized carbons (Fsp3) is 0.679. The predicted molar refractivity (Wildman–Crippen MR) is 138 cm³/mol. The zero-order valence-electron chi connectivity index (χ0n) is 20.5. The molecule has 1 aromatic carbocycles. The van der Waals surface area contributed by atoms with E-state index in [4.69, 9.17) is 4.74 Å². The van der Waals surface area contributed by atoms with Gasteiger partial charge < -0.3 is 15.0 Å². The number of allylic oxidation sites excluding steroid dienone is 2. The number of nitrogens with zero attached hydrogens (tertiary/aromatic N) is 1. The van der Waals surface area contributed by atoms with E-state index in [0.29, 0.717) is 6.42 Å². The molecule has 0 aliphatic carbocycles. The molecule has 4 nitrogen and oxygen atoms in total. The van der Waals surface area contributed by atoms with Crippen molar-refractivity contribution in [1.82, 2.24) is 0 Å². The summed E-state index contributed by atoms with van der Waals surface area (Å²) in [5.41, 5.74) is 2.09. The van der Waals surface area contributed by atoms with Crippen LogP contribution in [0.3, 0.4) is 0 Å². The lowest BCUT2D eigenvalue weighted by Crippen LogP contribution is -2.36. The molecule has 32 heavy (non-hydrogen) atoms. The second-order valence-corrected chi connectivity index (χ2v) is 9.03. The van der Waals surface area contributed by atoms with Gasteiger partial charge in [0.15, 0.2) is 0 Å². The molecule has 180 valence electrons. The first-order valence-electron chi connectivity index (χ1n) is 13.2. The SMILES string of the molecule is CCCCCCCC/C=C\CCCCCCCC(=O)Nc1ccc(N2CCOCC2)cc1. The van der Waals surface area contributed by atoms with Gasteiger partial charge in [0.1, 0.15) is 0 Å². The Kier molecular flexibility index (Phi) is 14.6. The van der Waals surface area contributed by atoms with Crippen LogP contribution in [0.5, 0.6) is 0 Å². The van der Waals surface area contributed by atoms with Gasteiger partial charge in [-0.3, -0.25) is 4.79 Å². The molecule has 1 N–H and O–H groups in total. The van der Waals surface area contributed by atoms with Crippen LogP contribution in [0.2, 0.25) is 0 Å². The zero-order valence-corrected chi connectivity index (χ0v) is 20.5. The highest BCUT2D eigenvalue weighted by Gasteiger charge is 2.11. The van der Waals surface area contributed by atoms with Gasteiger partial charge in [-0.05, 0) is 56.4 Å². The number of amides is 1. The van der Waals surface area contributed by atoms with E-state index in [1.165, 1.54) is 76.3 Å². The number of nitrogens with one attached hydrogen (secondary N) is 1. The summed E-state index contributed by atoms with van der Waals surface area (Å²) in [6, 6.07) is 8.18. The van der Waals surface area contributed by atoms with E-state index in [1.54, 1.807) is 0 Å². The summed E-state index contributed by atoms with van der Waals surface area (Å²) in [4.78, 5) is 14.5. The highest BCUT2D eigenvalue weighted by Crippen LogP contribution is 2.19. The van der Waals surface area contributed by atoms with E-state index in [1.807, 2.05) is 12.1 Å². The molecule has 1 heterocycles. The normalized spacial score (nSPS) is 14.2. The molecular formula is C28H46N2O2. The Morgan fingerprint density at radius 3 is 2.03 bits per heavy atom. The number of anilines is 2. The van der Waals surface area contributed by atoms with E-state index < -0.39 is 0 Å². The summed E-state index contributed by atoms with van der Waals surface area (Å²) in [6.07, 6.45) is 22.0. The molecule has 0 spiro atoms. The first kappa shape index (κ1) is 26.4. The third-order valence-electron chi connectivity index (χ3n) is 6.19. The highest BCUT2D eigenvalue weighted by molar-refractivity contribution is 5.90. The molecular weight excluding hydrogens is 396 g/mol. The Hall–Kier alpha value is -1.81. The van der Waals surface area contributed by atoms with Crippen molar-refractivity contribution < 1.29 is 9.53 Å². The Morgan fingerprint density at radius 1 is 0.844 bits per heavy atom. The lowest BCUT2D eigenvalue weighted by atomic mass is 10.1. The van der Waals surface area contributed by atoms with Crippen molar-refractivity contribution in [3.8, 4) is 0 Å². The molecule has 1 saturated heterocycles. The van der Waals surface area contributed by atoms with Crippen molar-refractivity contribution in [2.45, 2.75) is 96.8 Å². The van der Waals surface area contributed by atoms with Gasteiger partial charge in [0.2, 0.25) is 5.91 Å². The Bertz CT molecular complexity index is 621. The molecule has 0 unspecified atom stereocenters. The van der Waals surface area contributed by atoms with Gasteiger partial charge in [-0.2, -0.15) is 0 Å². The second kappa shape index (κ2) is 17.7. The number of carbonyl (C=O) groups is 1. The van der Waals surface area contributed by atoms with Gasteiger partial charge in [-0.25, -0.2) is 0 Å². The maximum atomic E-state index is 12.2. The first-order valence-corrected chi connectivity index (χ1v) is 13.2. The lowest BCUT2D eigenvalue weighted by Gasteiger charge is -2.28. The first-order chi connectivity index (χ1) is 15.8. The van der Waals surface area contributed by atoms with Gasteiger partial charge >= 0.3 is 0 Å². The highest BCUT2D eigenvalue weighted by atomic mass is 16.5. The largest absolute Gasteiger partial charge is 0.378 e. The number of carbonyl (C=O) groups excluding carboxylic acids is 1. The lowest BCUT2D eigenvalue weighted by molar-refractivity contribution is -0.116. The molecule has 0 atom stereocenters. The molecule has 0 aromatic heterocycles. The van der Waals surface area contributed by atoms with Crippen LogP contribution in [-0.2, 0) is 9.53 Å². The number of ether oxygens (including phenoxy) is 1. The summed E-state index contributed by atoms with van der Waals surface area (Å²) in [6.45, 7) is 5.71. The van der Waals surface area contributed by atoms with Crippen molar-refractivity contribution in [3.05, 3.63) is 36.4 Å². The third kappa shape index (κ3) is 12.3. The van der Waals surface area contributed by atoms with Crippen molar-refractivity contribution in [2.24, 2.45) is 0 Å². The Balaban J connectivity index is 1.41. The monoisotopic (exact) mass is 442 g/mol. The smallest absolute Gasteiger partial charge is 0.224 e. The van der Waals surface area contributed by atoms with Gasteiger partial charge in [0.05, 0.1) is 13.2 Å². The molecule has 1 aliphatic rings. The van der Waals surface area contributed by atoms with Gasteiger partial charge in [-0.15, -0.1) is 0 Å². The molecule has 0 saturated carbocycles. The summed E-state index contributed by atoms with van der Waals surface area (Å²) >= 11 is 0. The molecule has 1 aromatic rings. The van der Waals surface area contributed by atoms with Crippen molar-refractivity contribution in [1.29, 1.82) is 0 Å². The fourth-order valence-electron chi connectivity index (χ4n) is 4.16. The van der Waals surface area contributed by atoms with Gasteiger partial charge in [-0.1, -0.05) is 70.4 Å². The molecule has 1 fully saturated rings. The van der Waals surface area contributed by atoms with Crippen LogP contribution in [0.1, 0.15) is 96.8 Å². The number of unbranched alkanes of at least 4 members (excludes halogenated alkanes) is 11. The van der Waals surface area contributed by atoms with Gasteiger partial charge in [0.25, 0.3) is 0 Å². The summed E-state index contributed by atoms with van der Waals surface area (Å²) in [7, 11) is 0. The van der Waals surface area contributed by atoms with Crippen molar-refractivity contribution in [2.75, 3.05) is 36.5 Å². The maximum absolute atomic E-state index is 12.2. The van der Waals surface area contributed by atoms with E-state index >= 15 is 0 Å². The number of morpholine rings is 1. The summed E-state index contributed by atoms with van der Waals surface area (Å²) in [5.74, 6) is 0.127. The molecule has 4 heteroatoms. The van der Waals surface area contributed by atoms with Crippen LogP contribution in [0.4, 0.5) is 11.4 Å². The van der Waals surface area contributed by atoms with Crippen LogP contribution in [0.25, 0.3) is 0 Å². The standard InChI is InChI=1S/C28H46N2O2/c1-2-3-4-5-6-7-8-9-10-11-12-13-14-15-16-17-28(31)29-26-18-20-27(21-19-26)30-22-24-32-25-23-30/h9-10,18-21H,2-8,11-17,22-25H2,1H3,(H,29,31)/b10-9-. The van der Waals surface area contributed by atoms with E-state index in [-0.39, 0.29) is 5.91 Å². The zero-order chi connectivity index (χ0) is 22.7. The number of hydrogen-bond acceptors (Lipinski definition) is 3. The average molecular weight is 443 g/mol. The quantitative estimate of drug-likeness (QED) is 0.201. The molecule has 1 aliphatic heterocycles. The fourth-order valence-corrected chi connectivity index (χ4v) is 4.16. The molecule has 0 radical (unpaired) electrons. The van der Waals surface area contributed by atoms with Crippen LogP contribution >= 0.6 is 0 Å². The van der Waals surface area contributed by atoms with Crippen molar-refractivity contribution in [3.63, 3.8) is 0 Å². The average Bonchev–Trinajstić information content (AvgIpc) is 2.82. The summed E-state index contributed by atoms with van der Waals surface area (Å²) in [5, 5.41) is 3.03. The molecule has 0 bridgehead atoms. The molecule has 2 rings (SSSR count). The second-order valence-electron chi connectivity index (χ2n) is 9.03. The minimum Gasteiger partial charge on any atom is -0.378 e.